The number of carbonyl (C=O) groups is 2. The Hall–Kier alpha value is -4.08. The molecule has 0 unspecified atom stereocenters. The number of ether oxygens (including phenoxy) is 1. The second-order valence-corrected chi connectivity index (χ2v) is 9.92. The third-order valence-electron chi connectivity index (χ3n) is 6.95. The molecule has 2 atom stereocenters. The molecule has 1 saturated heterocycles. The van der Waals surface area contributed by atoms with E-state index in [1.807, 2.05) is 43.3 Å². The predicted octanol–water partition coefficient (Wildman–Crippen LogP) is 3.45. The first-order valence-corrected chi connectivity index (χ1v) is 13.7. The van der Waals surface area contributed by atoms with E-state index in [2.05, 4.69) is 16.0 Å². The Balaban J connectivity index is 1.49. The van der Waals surface area contributed by atoms with Crippen molar-refractivity contribution >= 4 is 23.2 Å². The van der Waals surface area contributed by atoms with E-state index >= 15 is 0 Å². The van der Waals surface area contributed by atoms with E-state index in [1.165, 1.54) is 7.11 Å². The van der Waals surface area contributed by atoms with Crippen LogP contribution in [0, 0.1) is 0 Å². The van der Waals surface area contributed by atoms with Gasteiger partial charge in [-0.2, -0.15) is 0 Å². The monoisotopic (exact) mass is 546 g/mol. The molecule has 40 heavy (non-hydrogen) atoms. The zero-order valence-corrected chi connectivity index (χ0v) is 23.0. The van der Waals surface area contributed by atoms with Crippen LogP contribution in [0.5, 0.6) is 11.5 Å². The van der Waals surface area contributed by atoms with Gasteiger partial charge in [0.1, 0.15) is 0 Å². The smallest absolute Gasteiger partial charge is 0.251 e. The van der Waals surface area contributed by atoms with Crippen LogP contribution in [0.4, 0.5) is 11.4 Å². The van der Waals surface area contributed by atoms with Crippen molar-refractivity contribution in [1.29, 1.82) is 0 Å². The topological polar surface area (TPSA) is 123 Å². The van der Waals surface area contributed by atoms with E-state index in [0.29, 0.717) is 49.5 Å². The van der Waals surface area contributed by atoms with Gasteiger partial charge in [0, 0.05) is 49.5 Å². The molecular formula is C31H38N4O5. The number of aliphatic hydroxyl groups is 1. The standard InChI is InChI=1S/C31H38N4O5/c1-3-33-24-16-23(17-25(18-24)35-13-7-10-30(35)38)31(39)34-26(14-21-8-5-4-6-9-21)28(37)20-32-19-22-11-12-27(36)29(15-22)40-2/h4-6,8-9,11-12,15-18,26,28,32-33,36-37H,3,7,10,13-14,19-20H2,1-2H3,(H,34,39)/t26-,28-/m0/s1. The summed E-state index contributed by atoms with van der Waals surface area (Å²) in [6.07, 6.45) is 0.843. The van der Waals surface area contributed by atoms with Crippen molar-refractivity contribution in [1.82, 2.24) is 10.6 Å². The minimum absolute atomic E-state index is 0.0507. The maximum absolute atomic E-state index is 13.5. The molecular weight excluding hydrogens is 508 g/mol. The summed E-state index contributed by atoms with van der Waals surface area (Å²) >= 11 is 0. The van der Waals surface area contributed by atoms with Crippen LogP contribution >= 0.6 is 0 Å². The Bertz CT molecular complexity index is 1300. The van der Waals surface area contributed by atoms with Gasteiger partial charge in [0.2, 0.25) is 5.91 Å². The van der Waals surface area contributed by atoms with Gasteiger partial charge in [0.15, 0.2) is 11.5 Å². The molecule has 5 N–H and O–H groups in total. The summed E-state index contributed by atoms with van der Waals surface area (Å²) in [6, 6.07) is 19.6. The zero-order chi connectivity index (χ0) is 28.5. The van der Waals surface area contributed by atoms with Crippen LogP contribution in [0.25, 0.3) is 0 Å². The molecule has 0 aromatic heterocycles. The number of benzene rings is 3. The second kappa shape index (κ2) is 13.8. The van der Waals surface area contributed by atoms with Gasteiger partial charge < -0.3 is 35.8 Å². The van der Waals surface area contributed by atoms with Crippen molar-refractivity contribution in [3.8, 4) is 11.5 Å². The normalized spacial score (nSPS) is 14.6. The van der Waals surface area contributed by atoms with Crippen LogP contribution in [0.15, 0.2) is 66.7 Å². The van der Waals surface area contributed by atoms with Gasteiger partial charge in [-0.1, -0.05) is 36.4 Å². The lowest BCUT2D eigenvalue weighted by atomic mass is 10.00. The van der Waals surface area contributed by atoms with Crippen molar-refractivity contribution in [2.45, 2.75) is 44.9 Å². The van der Waals surface area contributed by atoms with Crippen molar-refractivity contribution in [3.63, 3.8) is 0 Å². The van der Waals surface area contributed by atoms with Crippen molar-refractivity contribution in [2.75, 3.05) is 37.0 Å². The SMILES string of the molecule is CCNc1cc(C(=O)N[C@@H](Cc2ccccc2)[C@@H](O)CNCc2ccc(O)c(OC)c2)cc(N2CCCC2=O)c1. The highest BCUT2D eigenvalue weighted by atomic mass is 16.5. The summed E-state index contributed by atoms with van der Waals surface area (Å²) in [4.78, 5) is 27.7. The molecule has 212 valence electrons. The molecule has 1 heterocycles. The molecule has 1 aliphatic heterocycles. The largest absolute Gasteiger partial charge is 0.504 e. The first-order valence-electron chi connectivity index (χ1n) is 13.7. The highest BCUT2D eigenvalue weighted by molar-refractivity contribution is 6.00. The molecule has 0 radical (unpaired) electrons. The van der Waals surface area contributed by atoms with Crippen LogP contribution < -0.4 is 25.6 Å². The van der Waals surface area contributed by atoms with Gasteiger partial charge >= 0.3 is 0 Å². The summed E-state index contributed by atoms with van der Waals surface area (Å²) in [5.41, 5.74) is 3.74. The number of anilines is 2. The van der Waals surface area contributed by atoms with Gasteiger partial charge in [0.05, 0.1) is 19.3 Å². The second-order valence-electron chi connectivity index (χ2n) is 9.92. The minimum Gasteiger partial charge on any atom is -0.504 e. The number of rotatable bonds is 13. The van der Waals surface area contributed by atoms with E-state index in [0.717, 1.165) is 23.2 Å². The van der Waals surface area contributed by atoms with Crippen LogP contribution in [-0.4, -0.2) is 60.9 Å². The molecule has 2 amide bonds. The maximum Gasteiger partial charge on any atom is 0.251 e. The highest BCUT2D eigenvalue weighted by Gasteiger charge is 2.26. The third kappa shape index (κ3) is 7.52. The lowest BCUT2D eigenvalue weighted by Gasteiger charge is -2.25. The number of aliphatic hydroxyl groups excluding tert-OH is 1. The predicted molar refractivity (Wildman–Crippen MR) is 156 cm³/mol. The highest BCUT2D eigenvalue weighted by Crippen LogP contribution is 2.27. The summed E-state index contributed by atoms with van der Waals surface area (Å²) in [6.45, 7) is 3.94. The van der Waals surface area contributed by atoms with E-state index in [1.54, 1.807) is 35.2 Å². The van der Waals surface area contributed by atoms with Crippen molar-refractivity contribution < 1.29 is 24.5 Å². The van der Waals surface area contributed by atoms with E-state index in [4.69, 9.17) is 4.74 Å². The number of phenolic OH excluding ortho intramolecular Hbond substituents is 1. The fraction of sp³-hybridized carbons (Fsp3) is 0.355. The number of amides is 2. The van der Waals surface area contributed by atoms with Gasteiger partial charge in [-0.3, -0.25) is 9.59 Å². The Kier molecular flexibility index (Phi) is 9.99. The summed E-state index contributed by atoms with van der Waals surface area (Å²) in [5.74, 6) is 0.168. The Morgan fingerprint density at radius 3 is 2.58 bits per heavy atom. The van der Waals surface area contributed by atoms with Crippen LogP contribution in [0.1, 0.15) is 41.3 Å². The first kappa shape index (κ1) is 28.9. The van der Waals surface area contributed by atoms with Crippen LogP contribution in [0.3, 0.4) is 0 Å². The van der Waals surface area contributed by atoms with E-state index in [9.17, 15) is 19.8 Å². The summed E-state index contributed by atoms with van der Waals surface area (Å²) in [7, 11) is 1.49. The average Bonchev–Trinajstić information content (AvgIpc) is 3.39. The fourth-order valence-electron chi connectivity index (χ4n) is 4.87. The number of carbonyl (C=O) groups excluding carboxylic acids is 2. The molecule has 0 bridgehead atoms. The van der Waals surface area contributed by atoms with E-state index < -0.39 is 12.1 Å². The number of methoxy groups -OCH3 is 1. The summed E-state index contributed by atoms with van der Waals surface area (Å²) < 4.78 is 5.17. The number of nitrogens with one attached hydrogen (secondary N) is 3. The Morgan fingerprint density at radius 1 is 1.07 bits per heavy atom. The number of nitrogens with zero attached hydrogens (tertiary/aromatic N) is 1. The van der Waals surface area contributed by atoms with Crippen molar-refractivity contribution in [2.24, 2.45) is 0 Å². The molecule has 0 aliphatic carbocycles. The van der Waals surface area contributed by atoms with Crippen LogP contribution in [0.2, 0.25) is 0 Å². The van der Waals surface area contributed by atoms with Gasteiger partial charge in [-0.25, -0.2) is 0 Å². The van der Waals surface area contributed by atoms with Crippen LogP contribution in [-0.2, 0) is 17.8 Å². The Morgan fingerprint density at radius 2 is 1.88 bits per heavy atom. The summed E-state index contributed by atoms with van der Waals surface area (Å²) in [5, 5.41) is 30.5. The quantitative estimate of drug-likeness (QED) is 0.223. The molecule has 4 rings (SSSR count). The van der Waals surface area contributed by atoms with Gasteiger partial charge in [0.25, 0.3) is 5.91 Å². The number of hydrogen-bond donors (Lipinski definition) is 5. The molecule has 1 fully saturated rings. The zero-order valence-electron chi connectivity index (χ0n) is 23.0. The number of phenols is 1. The number of hydrogen-bond acceptors (Lipinski definition) is 7. The fourth-order valence-corrected chi connectivity index (χ4v) is 4.87. The van der Waals surface area contributed by atoms with Crippen molar-refractivity contribution in [3.05, 3.63) is 83.4 Å². The lowest BCUT2D eigenvalue weighted by molar-refractivity contribution is -0.117. The molecule has 3 aromatic carbocycles. The molecule has 1 aliphatic rings. The van der Waals surface area contributed by atoms with Gasteiger partial charge in [-0.15, -0.1) is 0 Å². The molecule has 0 saturated carbocycles. The average molecular weight is 547 g/mol. The molecule has 9 heteroatoms. The first-order chi connectivity index (χ1) is 19.4. The lowest BCUT2D eigenvalue weighted by Crippen LogP contribution is -2.48. The Labute approximate surface area is 235 Å². The van der Waals surface area contributed by atoms with E-state index in [-0.39, 0.29) is 24.1 Å². The third-order valence-corrected chi connectivity index (χ3v) is 6.95. The van der Waals surface area contributed by atoms with Gasteiger partial charge in [-0.05, 0) is 61.2 Å². The number of aromatic hydroxyl groups is 1. The molecule has 0 spiro atoms. The molecule has 3 aromatic rings. The maximum atomic E-state index is 13.5. The minimum atomic E-state index is -0.889. The molecule has 9 nitrogen and oxygen atoms in total.